The standard InChI is InChI=1S/C21H17ClN2O4/c1-13-11-15(7-10-19(13)24(27)28)21(26)23-18-9-8-16(22)12-17(18)20(25)14-5-3-2-4-6-14/h2-12,20,25H,1H3,(H,23,26)/t20-/m1/s1. The van der Waals surface area contributed by atoms with Gasteiger partial charge in [0.2, 0.25) is 0 Å². The van der Waals surface area contributed by atoms with Crippen molar-refractivity contribution >= 4 is 28.9 Å². The Kier molecular flexibility index (Phi) is 5.73. The van der Waals surface area contributed by atoms with Crippen molar-refractivity contribution in [3.8, 4) is 0 Å². The van der Waals surface area contributed by atoms with Crippen molar-refractivity contribution in [2.75, 3.05) is 5.32 Å². The number of nitro groups is 1. The number of aliphatic hydroxyl groups is 1. The molecule has 142 valence electrons. The number of hydrogen-bond donors (Lipinski definition) is 2. The van der Waals surface area contributed by atoms with Gasteiger partial charge in [0.15, 0.2) is 0 Å². The second-order valence-electron chi connectivity index (χ2n) is 6.26. The van der Waals surface area contributed by atoms with Crippen LogP contribution in [0.3, 0.4) is 0 Å². The number of carbonyl (C=O) groups is 1. The average molecular weight is 397 g/mol. The van der Waals surface area contributed by atoms with E-state index in [2.05, 4.69) is 5.32 Å². The Balaban J connectivity index is 1.91. The molecule has 1 atom stereocenters. The number of anilines is 1. The molecule has 0 aliphatic carbocycles. The van der Waals surface area contributed by atoms with Crippen molar-refractivity contribution in [1.82, 2.24) is 0 Å². The maximum Gasteiger partial charge on any atom is 0.272 e. The van der Waals surface area contributed by atoms with Gasteiger partial charge >= 0.3 is 0 Å². The fourth-order valence-corrected chi connectivity index (χ4v) is 3.07. The molecule has 0 unspecified atom stereocenters. The minimum Gasteiger partial charge on any atom is -0.384 e. The Hall–Kier alpha value is -3.22. The Morgan fingerprint density at radius 3 is 2.46 bits per heavy atom. The van der Waals surface area contributed by atoms with Gasteiger partial charge < -0.3 is 10.4 Å². The first-order valence-corrected chi connectivity index (χ1v) is 8.83. The molecule has 0 fully saturated rings. The molecule has 0 aliphatic rings. The molecule has 0 aliphatic heterocycles. The number of rotatable bonds is 5. The third-order valence-corrected chi connectivity index (χ3v) is 4.56. The molecule has 1 amide bonds. The smallest absolute Gasteiger partial charge is 0.272 e. The van der Waals surface area contributed by atoms with Crippen molar-refractivity contribution in [2.24, 2.45) is 0 Å². The summed E-state index contributed by atoms with van der Waals surface area (Å²) in [6, 6.07) is 18.0. The molecule has 0 saturated heterocycles. The minimum atomic E-state index is -0.978. The van der Waals surface area contributed by atoms with Crippen LogP contribution in [0, 0.1) is 17.0 Å². The Labute approximate surface area is 166 Å². The molecule has 0 aromatic heterocycles. The van der Waals surface area contributed by atoms with E-state index in [9.17, 15) is 20.0 Å². The number of aryl methyl sites for hydroxylation is 1. The summed E-state index contributed by atoms with van der Waals surface area (Å²) >= 11 is 6.08. The van der Waals surface area contributed by atoms with Crippen LogP contribution in [0.5, 0.6) is 0 Å². The summed E-state index contributed by atoms with van der Waals surface area (Å²) in [6.45, 7) is 1.57. The van der Waals surface area contributed by atoms with Crippen LogP contribution in [-0.4, -0.2) is 15.9 Å². The lowest BCUT2D eigenvalue weighted by molar-refractivity contribution is -0.385. The van der Waals surface area contributed by atoms with Crippen molar-refractivity contribution in [2.45, 2.75) is 13.0 Å². The quantitative estimate of drug-likeness (QED) is 0.474. The zero-order chi connectivity index (χ0) is 20.3. The number of nitrogens with zero attached hydrogens (tertiary/aromatic N) is 1. The molecule has 28 heavy (non-hydrogen) atoms. The molecule has 7 heteroatoms. The van der Waals surface area contributed by atoms with Gasteiger partial charge in [0.05, 0.1) is 4.92 Å². The summed E-state index contributed by atoms with van der Waals surface area (Å²) in [5.74, 6) is -0.443. The predicted octanol–water partition coefficient (Wildman–Crippen LogP) is 4.89. The van der Waals surface area contributed by atoms with E-state index in [1.54, 1.807) is 49.4 Å². The van der Waals surface area contributed by atoms with Gasteiger partial charge in [-0.05, 0) is 42.8 Å². The highest BCUT2D eigenvalue weighted by molar-refractivity contribution is 6.30. The van der Waals surface area contributed by atoms with Crippen LogP contribution in [0.1, 0.15) is 33.2 Å². The molecule has 0 bridgehead atoms. The molecule has 2 N–H and O–H groups in total. The summed E-state index contributed by atoms with van der Waals surface area (Å²) in [4.78, 5) is 23.1. The van der Waals surface area contributed by atoms with Gasteiger partial charge in [-0.15, -0.1) is 0 Å². The second kappa shape index (κ2) is 8.21. The molecular formula is C21H17ClN2O4. The lowest BCUT2D eigenvalue weighted by Crippen LogP contribution is -2.15. The third-order valence-electron chi connectivity index (χ3n) is 4.33. The van der Waals surface area contributed by atoms with E-state index >= 15 is 0 Å². The van der Waals surface area contributed by atoms with E-state index in [4.69, 9.17) is 11.6 Å². The lowest BCUT2D eigenvalue weighted by Gasteiger charge is -2.17. The Morgan fingerprint density at radius 1 is 1.11 bits per heavy atom. The van der Waals surface area contributed by atoms with Crippen LogP contribution in [0.2, 0.25) is 5.02 Å². The zero-order valence-corrected chi connectivity index (χ0v) is 15.7. The summed E-state index contributed by atoms with van der Waals surface area (Å²) < 4.78 is 0. The monoisotopic (exact) mass is 396 g/mol. The number of carbonyl (C=O) groups excluding carboxylic acids is 1. The van der Waals surface area contributed by atoms with Gasteiger partial charge in [0.1, 0.15) is 6.10 Å². The molecule has 0 saturated carbocycles. The lowest BCUT2D eigenvalue weighted by atomic mass is 9.99. The van der Waals surface area contributed by atoms with Crippen LogP contribution >= 0.6 is 11.6 Å². The predicted molar refractivity (Wildman–Crippen MR) is 108 cm³/mol. The van der Waals surface area contributed by atoms with E-state index in [-0.39, 0.29) is 11.3 Å². The number of amides is 1. The van der Waals surface area contributed by atoms with Gasteiger partial charge in [-0.2, -0.15) is 0 Å². The SMILES string of the molecule is Cc1cc(C(=O)Nc2ccc(Cl)cc2[C@H](O)c2ccccc2)ccc1[N+](=O)[O-]. The molecular weight excluding hydrogens is 380 g/mol. The number of benzene rings is 3. The van der Waals surface area contributed by atoms with Crippen LogP contribution in [0.25, 0.3) is 0 Å². The first-order chi connectivity index (χ1) is 13.4. The maximum absolute atomic E-state index is 12.6. The zero-order valence-electron chi connectivity index (χ0n) is 14.9. The fourth-order valence-electron chi connectivity index (χ4n) is 2.88. The van der Waals surface area contributed by atoms with Crippen LogP contribution < -0.4 is 5.32 Å². The highest BCUT2D eigenvalue weighted by atomic mass is 35.5. The normalized spacial score (nSPS) is 11.7. The first kappa shape index (κ1) is 19.5. The molecule has 3 aromatic rings. The van der Waals surface area contributed by atoms with E-state index in [0.29, 0.717) is 27.4 Å². The van der Waals surface area contributed by atoms with Gasteiger partial charge in [-0.25, -0.2) is 0 Å². The minimum absolute atomic E-state index is 0.0526. The van der Waals surface area contributed by atoms with E-state index in [1.807, 2.05) is 6.07 Å². The highest BCUT2D eigenvalue weighted by Gasteiger charge is 2.19. The molecule has 0 heterocycles. The fraction of sp³-hybridized carbons (Fsp3) is 0.0952. The van der Waals surface area contributed by atoms with Crippen LogP contribution in [0.4, 0.5) is 11.4 Å². The second-order valence-corrected chi connectivity index (χ2v) is 6.69. The maximum atomic E-state index is 12.6. The topological polar surface area (TPSA) is 92.5 Å². The van der Waals surface area contributed by atoms with Gasteiger partial charge in [-0.1, -0.05) is 41.9 Å². The Morgan fingerprint density at radius 2 is 1.82 bits per heavy atom. The largest absolute Gasteiger partial charge is 0.384 e. The summed E-state index contributed by atoms with van der Waals surface area (Å²) in [6.07, 6.45) is -0.978. The number of nitro benzene ring substituents is 1. The molecule has 0 spiro atoms. The van der Waals surface area contributed by atoms with Crippen LogP contribution in [-0.2, 0) is 0 Å². The van der Waals surface area contributed by atoms with Crippen molar-refractivity contribution in [3.05, 3.63) is 104 Å². The number of halogens is 1. The van der Waals surface area contributed by atoms with Crippen molar-refractivity contribution in [3.63, 3.8) is 0 Å². The highest BCUT2D eigenvalue weighted by Crippen LogP contribution is 2.31. The van der Waals surface area contributed by atoms with Crippen molar-refractivity contribution < 1.29 is 14.8 Å². The van der Waals surface area contributed by atoms with Gasteiger partial charge in [0.25, 0.3) is 11.6 Å². The molecule has 3 rings (SSSR count). The molecule has 0 radical (unpaired) electrons. The van der Waals surface area contributed by atoms with Gasteiger partial charge in [-0.3, -0.25) is 14.9 Å². The summed E-state index contributed by atoms with van der Waals surface area (Å²) in [5, 5.41) is 24.9. The van der Waals surface area contributed by atoms with Gasteiger partial charge in [0, 0.05) is 33.5 Å². The van der Waals surface area contributed by atoms with Crippen molar-refractivity contribution in [1.29, 1.82) is 0 Å². The van der Waals surface area contributed by atoms with E-state index in [1.165, 1.54) is 18.2 Å². The Bertz CT molecular complexity index is 1040. The number of hydrogen-bond acceptors (Lipinski definition) is 4. The summed E-state index contributed by atoms with van der Waals surface area (Å²) in [7, 11) is 0. The van der Waals surface area contributed by atoms with E-state index in [0.717, 1.165) is 0 Å². The number of aliphatic hydroxyl groups excluding tert-OH is 1. The average Bonchev–Trinajstić information content (AvgIpc) is 2.69. The molecule has 6 nitrogen and oxygen atoms in total. The first-order valence-electron chi connectivity index (χ1n) is 8.45. The molecule has 3 aromatic carbocycles. The number of nitrogens with one attached hydrogen (secondary N) is 1. The third kappa shape index (κ3) is 4.19. The van der Waals surface area contributed by atoms with E-state index < -0.39 is 16.9 Å². The summed E-state index contributed by atoms with van der Waals surface area (Å²) in [5.41, 5.74) is 2.12. The van der Waals surface area contributed by atoms with Crippen LogP contribution in [0.15, 0.2) is 66.7 Å².